The van der Waals surface area contributed by atoms with Crippen molar-refractivity contribution >= 4 is 46.5 Å². The van der Waals surface area contributed by atoms with E-state index < -0.39 is 36.4 Å². The number of aromatic amines is 1. The van der Waals surface area contributed by atoms with Gasteiger partial charge in [-0.05, 0) is 126 Å². The van der Waals surface area contributed by atoms with Gasteiger partial charge in [0.25, 0.3) is 5.56 Å². The molecule has 5 amide bonds. The van der Waals surface area contributed by atoms with Gasteiger partial charge in [0.05, 0.1) is 31.2 Å². The first-order chi connectivity index (χ1) is 31.2. The number of H-pyrrole nitrogens is 1. The standard InChI is InChI=1S/C50H61N7O8/c1-28(2)41(53-48(62)64-5)46(60)56-23-9-11-39(56)43-52-38-20-15-31(25-35(38)44(58)55-43)34-19-18-33(36-26-50(27-37(34)36)21-7-8-22-50)30-13-16-32(17-14-30)51-45(59)40-12-10-24-57(40)47(61)42(29(3)4)54-49(63)65-6/h13-20,25,28-29,39-42H,7-12,21-24,26-27H2,1-6H3,(H,51,59)(H,53,62)(H,54,63)(H,52,55,58)/t39-,40-,41-,42-/m0/s1. The molecule has 3 heterocycles. The molecule has 3 fully saturated rings. The Kier molecular flexibility index (Phi) is 13.0. The lowest BCUT2D eigenvalue weighted by molar-refractivity contribution is -0.139. The predicted molar refractivity (Wildman–Crippen MR) is 247 cm³/mol. The molecule has 2 aliphatic carbocycles. The normalized spacial score (nSPS) is 19.7. The van der Waals surface area contributed by atoms with E-state index in [2.05, 4.69) is 33.1 Å². The summed E-state index contributed by atoms with van der Waals surface area (Å²) < 4.78 is 9.52. The zero-order valence-electron chi connectivity index (χ0n) is 38.3. The molecule has 4 atom stereocenters. The molecule has 0 unspecified atom stereocenters. The van der Waals surface area contributed by atoms with E-state index in [1.807, 2.05) is 70.2 Å². The Balaban J connectivity index is 1.03. The lowest BCUT2D eigenvalue weighted by Gasteiger charge is -2.30. The summed E-state index contributed by atoms with van der Waals surface area (Å²) in [4.78, 5) is 90.2. The minimum absolute atomic E-state index is 0.178. The van der Waals surface area contributed by atoms with Gasteiger partial charge in [-0.1, -0.05) is 70.9 Å². The predicted octanol–water partition coefficient (Wildman–Crippen LogP) is 7.27. The summed E-state index contributed by atoms with van der Waals surface area (Å²) in [5.41, 5.74) is 7.97. The van der Waals surface area contributed by atoms with E-state index in [0.29, 0.717) is 54.8 Å². The van der Waals surface area contributed by atoms with Gasteiger partial charge in [-0.25, -0.2) is 14.6 Å². The number of carbonyl (C=O) groups is 5. The Morgan fingerprint density at radius 2 is 1.28 bits per heavy atom. The Bertz CT molecular complexity index is 2550. The summed E-state index contributed by atoms with van der Waals surface area (Å²) >= 11 is 0. The van der Waals surface area contributed by atoms with Gasteiger partial charge in [0.1, 0.15) is 23.9 Å². The van der Waals surface area contributed by atoms with Crippen LogP contribution in [0.25, 0.3) is 33.2 Å². The van der Waals surface area contributed by atoms with Crippen LogP contribution >= 0.6 is 0 Å². The highest BCUT2D eigenvalue weighted by atomic mass is 16.5. The van der Waals surface area contributed by atoms with Crippen LogP contribution in [0.15, 0.2) is 59.4 Å². The van der Waals surface area contributed by atoms with Gasteiger partial charge in [0.2, 0.25) is 17.7 Å². The number of alkyl carbamates (subject to hydrolysis) is 2. The van der Waals surface area contributed by atoms with Crippen LogP contribution in [0.1, 0.15) is 102 Å². The van der Waals surface area contributed by atoms with E-state index in [9.17, 15) is 28.8 Å². The van der Waals surface area contributed by atoms with E-state index in [1.54, 1.807) is 9.80 Å². The molecule has 4 aliphatic rings. The number of likely N-dealkylation sites (tertiary alicyclic amines) is 2. The first-order valence-electron chi connectivity index (χ1n) is 23.1. The number of carbonyl (C=O) groups excluding carboxylic acids is 5. The molecule has 4 N–H and O–H groups in total. The average molecular weight is 888 g/mol. The average Bonchev–Trinajstić information content (AvgIpc) is 4.14. The molecule has 15 nitrogen and oxygen atoms in total. The number of methoxy groups -OCH3 is 2. The van der Waals surface area contributed by atoms with Crippen molar-refractivity contribution in [2.24, 2.45) is 17.3 Å². The number of rotatable bonds is 11. The van der Waals surface area contributed by atoms with E-state index in [-0.39, 0.29) is 40.5 Å². The Morgan fingerprint density at radius 1 is 0.723 bits per heavy atom. The van der Waals surface area contributed by atoms with Crippen LogP contribution in [0, 0.1) is 17.3 Å². The van der Waals surface area contributed by atoms with Crippen molar-refractivity contribution in [3.05, 3.63) is 81.9 Å². The van der Waals surface area contributed by atoms with Gasteiger partial charge in [-0.2, -0.15) is 0 Å². The van der Waals surface area contributed by atoms with Gasteiger partial charge in [0.15, 0.2) is 0 Å². The van der Waals surface area contributed by atoms with Gasteiger partial charge in [-0.15, -0.1) is 0 Å². The lowest BCUT2D eigenvalue weighted by Crippen LogP contribution is -2.54. The van der Waals surface area contributed by atoms with Crippen molar-refractivity contribution in [3.63, 3.8) is 0 Å². The first kappa shape index (κ1) is 45.3. The number of amides is 5. The topological polar surface area (TPSA) is 192 Å². The second-order valence-electron chi connectivity index (χ2n) is 19.0. The lowest BCUT2D eigenvalue weighted by atomic mass is 9.82. The summed E-state index contributed by atoms with van der Waals surface area (Å²) in [6.07, 6.45) is 7.92. The number of nitrogens with zero attached hydrogens (tertiary/aromatic N) is 3. The molecule has 2 aliphatic heterocycles. The Hall–Kier alpha value is -6.25. The highest BCUT2D eigenvalue weighted by molar-refractivity contribution is 5.99. The molecular weight excluding hydrogens is 827 g/mol. The highest BCUT2D eigenvalue weighted by Gasteiger charge is 2.43. The molecule has 4 aromatic rings. The van der Waals surface area contributed by atoms with Crippen LogP contribution in [-0.4, -0.2) is 95.1 Å². The first-order valence-corrected chi connectivity index (χ1v) is 23.1. The van der Waals surface area contributed by atoms with Crippen LogP contribution in [0.3, 0.4) is 0 Å². The second kappa shape index (κ2) is 18.7. The number of hydrogen-bond donors (Lipinski definition) is 4. The van der Waals surface area contributed by atoms with Gasteiger partial charge in [0, 0.05) is 18.8 Å². The van der Waals surface area contributed by atoms with Gasteiger partial charge in [-0.3, -0.25) is 19.2 Å². The molecular formula is C50H61N7O8. The van der Waals surface area contributed by atoms with Crippen molar-refractivity contribution in [2.75, 3.05) is 32.6 Å². The fourth-order valence-electron chi connectivity index (χ4n) is 10.7. The van der Waals surface area contributed by atoms with Gasteiger partial charge < -0.3 is 40.2 Å². The number of anilines is 1. The summed E-state index contributed by atoms with van der Waals surface area (Å²) in [5, 5.41) is 8.82. The number of ether oxygens (including phenoxy) is 2. The van der Waals surface area contributed by atoms with E-state index >= 15 is 0 Å². The maximum absolute atomic E-state index is 13.9. The fourth-order valence-corrected chi connectivity index (χ4v) is 10.7. The molecule has 2 saturated heterocycles. The van der Waals surface area contributed by atoms with Crippen molar-refractivity contribution in [1.29, 1.82) is 0 Å². The second-order valence-corrected chi connectivity index (χ2v) is 19.0. The quantitative estimate of drug-likeness (QED) is 0.120. The minimum Gasteiger partial charge on any atom is -0.453 e. The van der Waals surface area contributed by atoms with E-state index in [4.69, 9.17) is 14.5 Å². The third kappa shape index (κ3) is 9.06. The summed E-state index contributed by atoms with van der Waals surface area (Å²) in [6, 6.07) is 15.4. The summed E-state index contributed by atoms with van der Waals surface area (Å²) in [7, 11) is 2.52. The fraction of sp³-hybridized carbons (Fsp3) is 0.500. The molecule has 3 aromatic carbocycles. The maximum Gasteiger partial charge on any atom is 0.407 e. The van der Waals surface area contributed by atoms with Crippen LogP contribution in [0.2, 0.25) is 0 Å². The number of nitrogens with one attached hydrogen (secondary N) is 4. The van der Waals surface area contributed by atoms with Crippen molar-refractivity contribution in [2.45, 2.75) is 116 Å². The number of aromatic nitrogens is 2. The Labute approximate surface area is 379 Å². The molecule has 0 bridgehead atoms. The molecule has 1 spiro atoms. The largest absolute Gasteiger partial charge is 0.453 e. The molecule has 65 heavy (non-hydrogen) atoms. The number of hydrogen-bond acceptors (Lipinski definition) is 9. The monoisotopic (exact) mass is 887 g/mol. The number of benzene rings is 3. The highest BCUT2D eigenvalue weighted by Crippen LogP contribution is 2.53. The van der Waals surface area contributed by atoms with Crippen molar-refractivity contribution < 1.29 is 33.4 Å². The molecule has 8 rings (SSSR count). The molecule has 15 heteroatoms. The zero-order chi connectivity index (χ0) is 46.2. The zero-order valence-corrected chi connectivity index (χ0v) is 38.3. The van der Waals surface area contributed by atoms with Crippen LogP contribution in [-0.2, 0) is 36.7 Å². The van der Waals surface area contributed by atoms with Crippen LogP contribution in [0.5, 0.6) is 0 Å². The van der Waals surface area contributed by atoms with Crippen LogP contribution < -0.4 is 21.5 Å². The third-order valence-corrected chi connectivity index (χ3v) is 14.2. The minimum atomic E-state index is -0.808. The van der Waals surface area contributed by atoms with Gasteiger partial charge >= 0.3 is 12.2 Å². The van der Waals surface area contributed by atoms with E-state index in [1.165, 1.54) is 51.0 Å². The Morgan fingerprint density at radius 3 is 1.88 bits per heavy atom. The van der Waals surface area contributed by atoms with Crippen molar-refractivity contribution in [3.8, 4) is 22.3 Å². The number of fused-ring (bicyclic) bond motifs is 2. The summed E-state index contributed by atoms with van der Waals surface area (Å²) in [6.45, 7) is 8.34. The van der Waals surface area contributed by atoms with Crippen molar-refractivity contribution in [1.82, 2.24) is 30.4 Å². The molecule has 1 saturated carbocycles. The maximum atomic E-state index is 13.9. The van der Waals surface area contributed by atoms with Crippen LogP contribution in [0.4, 0.5) is 15.3 Å². The molecule has 0 radical (unpaired) electrons. The molecule has 344 valence electrons. The SMILES string of the molecule is COC(=O)N[C@H](C(=O)N1CCC[C@H]1C(=O)Nc1ccc(-c2ccc(-c3ccc4nc([C@@H]5CCCN5C(=O)[C@@H](NC(=O)OC)C(C)C)[nH]c(=O)c4c3)c3c2CC2(CCCC2)C3)cc1)C(C)C. The smallest absolute Gasteiger partial charge is 0.407 e. The van der Waals surface area contributed by atoms with E-state index in [0.717, 1.165) is 41.5 Å². The summed E-state index contributed by atoms with van der Waals surface area (Å²) in [5.74, 6) is -0.744. The molecule has 1 aromatic heterocycles. The third-order valence-electron chi connectivity index (χ3n) is 14.2.